The second-order valence-electron chi connectivity index (χ2n) is 17.6. The highest BCUT2D eigenvalue weighted by Gasteiger charge is 2.18. The van der Waals surface area contributed by atoms with Crippen LogP contribution in [-0.4, -0.2) is 34.9 Å². The summed E-state index contributed by atoms with van der Waals surface area (Å²) in [6.45, 7) is 4.33. The van der Waals surface area contributed by atoms with E-state index in [-0.39, 0.29) is 12.5 Å². The number of aliphatic hydroxyl groups is 2. The van der Waals surface area contributed by atoms with Gasteiger partial charge in [0.15, 0.2) is 0 Å². The molecule has 56 heavy (non-hydrogen) atoms. The highest BCUT2D eigenvalue weighted by molar-refractivity contribution is 5.76. The second-order valence-corrected chi connectivity index (χ2v) is 17.6. The average molecular weight is 788 g/mol. The number of allylic oxidation sites excluding steroid dienone is 3. The molecule has 0 aliphatic rings. The van der Waals surface area contributed by atoms with Crippen molar-refractivity contribution in [2.75, 3.05) is 6.61 Å². The van der Waals surface area contributed by atoms with E-state index in [2.05, 4.69) is 31.3 Å². The molecule has 0 rings (SSSR count). The highest BCUT2D eigenvalue weighted by atomic mass is 16.3. The van der Waals surface area contributed by atoms with Gasteiger partial charge in [0.2, 0.25) is 5.91 Å². The van der Waals surface area contributed by atoms with Crippen molar-refractivity contribution >= 4 is 5.91 Å². The summed E-state index contributed by atoms with van der Waals surface area (Å²) in [5, 5.41) is 23.1. The van der Waals surface area contributed by atoms with Gasteiger partial charge in [-0.1, -0.05) is 256 Å². The summed E-state index contributed by atoms with van der Waals surface area (Å²) < 4.78 is 0. The SMILES string of the molecule is CCCCCCCCCCCCCC/C=C\CCCCCCCCCCCCCCCCC(=O)NC(CO)C(O)/C=C/CCCCCCCCCCCCCC. The van der Waals surface area contributed by atoms with E-state index in [0.717, 1.165) is 25.7 Å². The molecule has 1 amide bonds. The number of carbonyl (C=O) groups excluding carboxylic acids is 1. The quantitative estimate of drug-likeness (QED) is 0.0425. The number of hydrogen-bond donors (Lipinski definition) is 3. The zero-order valence-electron chi connectivity index (χ0n) is 38.2. The molecule has 0 aromatic rings. The van der Waals surface area contributed by atoms with Crippen LogP contribution in [0, 0.1) is 0 Å². The van der Waals surface area contributed by atoms with Gasteiger partial charge in [-0.05, 0) is 44.9 Å². The molecular weight excluding hydrogens is 687 g/mol. The lowest BCUT2D eigenvalue weighted by molar-refractivity contribution is -0.123. The van der Waals surface area contributed by atoms with Gasteiger partial charge in [-0.25, -0.2) is 0 Å². The molecule has 2 atom stereocenters. The lowest BCUT2D eigenvalue weighted by Crippen LogP contribution is -2.45. The Labute approximate surface area is 351 Å². The van der Waals surface area contributed by atoms with E-state index in [1.165, 1.54) is 238 Å². The molecule has 0 saturated carbocycles. The largest absolute Gasteiger partial charge is 0.394 e. The van der Waals surface area contributed by atoms with Gasteiger partial charge in [-0.15, -0.1) is 0 Å². The van der Waals surface area contributed by atoms with Crippen LogP contribution in [0.2, 0.25) is 0 Å². The molecule has 0 spiro atoms. The predicted molar refractivity (Wildman–Crippen MR) is 249 cm³/mol. The number of nitrogens with one attached hydrogen (secondary N) is 1. The Morgan fingerprint density at radius 3 is 0.982 bits per heavy atom. The van der Waals surface area contributed by atoms with Crippen LogP contribution in [0.15, 0.2) is 24.3 Å². The molecular formula is C52H101NO3. The topological polar surface area (TPSA) is 69.6 Å². The van der Waals surface area contributed by atoms with Crippen LogP contribution in [0.4, 0.5) is 0 Å². The van der Waals surface area contributed by atoms with Crippen LogP contribution < -0.4 is 5.32 Å². The van der Waals surface area contributed by atoms with Crippen molar-refractivity contribution < 1.29 is 15.0 Å². The second kappa shape index (κ2) is 48.2. The predicted octanol–water partition coefficient (Wildman–Crippen LogP) is 16.4. The molecule has 0 bridgehead atoms. The molecule has 4 nitrogen and oxygen atoms in total. The van der Waals surface area contributed by atoms with Gasteiger partial charge in [-0.2, -0.15) is 0 Å². The molecule has 0 fully saturated rings. The normalized spacial score (nSPS) is 13.0. The average Bonchev–Trinajstić information content (AvgIpc) is 3.20. The minimum Gasteiger partial charge on any atom is -0.394 e. The van der Waals surface area contributed by atoms with E-state index in [4.69, 9.17) is 0 Å². The molecule has 0 saturated heterocycles. The third-order valence-electron chi connectivity index (χ3n) is 11.9. The number of amides is 1. The maximum Gasteiger partial charge on any atom is 0.220 e. The molecule has 0 aliphatic carbocycles. The van der Waals surface area contributed by atoms with Gasteiger partial charge in [0.1, 0.15) is 0 Å². The minimum atomic E-state index is -0.836. The summed E-state index contributed by atoms with van der Waals surface area (Å²) >= 11 is 0. The van der Waals surface area contributed by atoms with E-state index in [0.29, 0.717) is 6.42 Å². The maximum atomic E-state index is 12.4. The Kier molecular flexibility index (Phi) is 47.3. The molecule has 3 N–H and O–H groups in total. The van der Waals surface area contributed by atoms with Crippen LogP contribution in [0.5, 0.6) is 0 Å². The van der Waals surface area contributed by atoms with Crippen molar-refractivity contribution in [3.8, 4) is 0 Å². The van der Waals surface area contributed by atoms with Crippen molar-refractivity contribution in [3.63, 3.8) is 0 Å². The van der Waals surface area contributed by atoms with E-state index in [1.54, 1.807) is 6.08 Å². The third-order valence-corrected chi connectivity index (χ3v) is 11.9. The molecule has 0 radical (unpaired) electrons. The number of hydrogen-bond acceptors (Lipinski definition) is 3. The summed E-state index contributed by atoms with van der Waals surface area (Å²) in [7, 11) is 0. The van der Waals surface area contributed by atoms with E-state index in [1.807, 2.05) is 6.08 Å². The smallest absolute Gasteiger partial charge is 0.220 e. The van der Waals surface area contributed by atoms with Crippen LogP contribution in [-0.2, 0) is 4.79 Å². The molecule has 0 aromatic carbocycles. The molecule has 0 aliphatic heterocycles. The van der Waals surface area contributed by atoms with Crippen molar-refractivity contribution in [1.82, 2.24) is 5.32 Å². The maximum absolute atomic E-state index is 12.4. The van der Waals surface area contributed by atoms with E-state index in [9.17, 15) is 15.0 Å². The summed E-state index contributed by atoms with van der Waals surface area (Å²) in [5.74, 6) is -0.0606. The van der Waals surface area contributed by atoms with Gasteiger partial charge in [0.05, 0.1) is 18.8 Å². The molecule has 0 aromatic heterocycles. The van der Waals surface area contributed by atoms with Gasteiger partial charge in [-0.3, -0.25) is 4.79 Å². The Morgan fingerprint density at radius 1 is 0.411 bits per heavy atom. The van der Waals surface area contributed by atoms with Crippen LogP contribution in [0.1, 0.15) is 284 Å². The lowest BCUT2D eigenvalue weighted by Gasteiger charge is -2.20. The lowest BCUT2D eigenvalue weighted by atomic mass is 10.0. The number of unbranched alkanes of at least 4 members (excludes halogenated alkanes) is 38. The Balaban J connectivity index is 3.45. The molecule has 0 heterocycles. The van der Waals surface area contributed by atoms with Crippen LogP contribution in [0.25, 0.3) is 0 Å². The van der Waals surface area contributed by atoms with Crippen molar-refractivity contribution in [3.05, 3.63) is 24.3 Å². The van der Waals surface area contributed by atoms with Gasteiger partial charge < -0.3 is 15.5 Å². The fourth-order valence-corrected chi connectivity index (χ4v) is 8.00. The summed E-state index contributed by atoms with van der Waals surface area (Å²) in [4.78, 5) is 12.4. The zero-order chi connectivity index (χ0) is 40.7. The number of rotatable bonds is 47. The Morgan fingerprint density at radius 2 is 0.679 bits per heavy atom. The van der Waals surface area contributed by atoms with Gasteiger partial charge in [0.25, 0.3) is 0 Å². The van der Waals surface area contributed by atoms with Gasteiger partial charge in [0, 0.05) is 6.42 Å². The molecule has 332 valence electrons. The van der Waals surface area contributed by atoms with Crippen molar-refractivity contribution in [2.24, 2.45) is 0 Å². The van der Waals surface area contributed by atoms with E-state index >= 15 is 0 Å². The Hall–Kier alpha value is -1.13. The third kappa shape index (κ3) is 44.0. The highest BCUT2D eigenvalue weighted by Crippen LogP contribution is 2.16. The standard InChI is InChI=1S/C52H101NO3/c1-3-5-7-9-11-13-15-17-19-20-21-22-23-24-25-26-27-28-29-30-31-32-33-34-36-38-40-42-44-46-48-52(56)53-50(49-54)51(55)47-45-43-41-39-37-35-18-16-14-12-10-8-6-4-2/h24-25,45,47,50-51,54-55H,3-23,26-44,46,48-49H2,1-2H3,(H,53,56)/b25-24-,47-45+. The summed E-state index contributed by atoms with van der Waals surface area (Å²) in [5.41, 5.74) is 0. The fraction of sp³-hybridized carbons (Fsp3) is 0.904. The number of carbonyl (C=O) groups is 1. The summed E-state index contributed by atoms with van der Waals surface area (Å²) in [6, 6.07) is -0.619. The summed E-state index contributed by atoms with van der Waals surface area (Å²) in [6.07, 6.45) is 63.2. The first-order valence-corrected chi connectivity index (χ1v) is 25.6. The van der Waals surface area contributed by atoms with E-state index < -0.39 is 12.1 Å². The Bertz CT molecular complexity index is 810. The first-order chi connectivity index (χ1) is 27.7. The first-order valence-electron chi connectivity index (χ1n) is 25.6. The molecule has 4 heteroatoms. The number of aliphatic hydroxyl groups excluding tert-OH is 2. The minimum absolute atomic E-state index is 0.0606. The van der Waals surface area contributed by atoms with Crippen molar-refractivity contribution in [2.45, 2.75) is 296 Å². The zero-order valence-corrected chi connectivity index (χ0v) is 38.2. The van der Waals surface area contributed by atoms with Crippen LogP contribution >= 0.6 is 0 Å². The molecule has 2 unspecified atom stereocenters. The van der Waals surface area contributed by atoms with Crippen molar-refractivity contribution in [1.29, 1.82) is 0 Å². The fourth-order valence-electron chi connectivity index (χ4n) is 8.00. The van der Waals surface area contributed by atoms with Crippen LogP contribution in [0.3, 0.4) is 0 Å². The van der Waals surface area contributed by atoms with Gasteiger partial charge >= 0.3 is 0 Å². The monoisotopic (exact) mass is 788 g/mol. The first kappa shape index (κ1) is 54.9.